The number of aryl methyl sites for hydroxylation is 1. The highest BCUT2D eigenvalue weighted by molar-refractivity contribution is 6.31. The summed E-state index contributed by atoms with van der Waals surface area (Å²) in [6.45, 7) is 1.77. The lowest BCUT2D eigenvalue weighted by atomic mass is 10.2. The molecular formula is C21H18ClNO3. The van der Waals surface area contributed by atoms with Crippen LogP contribution in [0.15, 0.2) is 72.8 Å². The van der Waals surface area contributed by atoms with Gasteiger partial charge in [0.2, 0.25) is 0 Å². The summed E-state index contributed by atoms with van der Waals surface area (Å²) in [5.74, 6) is 1.58. The molecule has 3 aromatic carbocycles. The molecule has 0 heterocycles. The van der Waals surface area contributed by atoms with Crippen molar-refractivity contribution in [3.8, 4) is 17.2 Å². The van der Waals surface area contributed by atoms with Crippen LogP contribution in [-0.2, 0) is 4.79 Å². The summed E-state index contributed by atoms with van der Waals surface area (Å²) < 4.78 is 11.4. The Balaban J connectivity index is 1.63. The number of benzene rings is 3. The van der Waals surface area contributed by atoms with Crippen LogP contribution in [0.2, 0.25) is 5.02 Å². The smallest absolute Gasteiger partial charge is 0.262 e. The number of rotatable bonds is 6. The van der Waals surface area contributed by atoms with E-state index in [-0.39, 0.29) is 12.5 Å². The van der Waals surface area contributed by atoms with Gasteiger partial charge in [-0.15, -0.1) is 0 Å². The molecule has 0 aromatic heterocycles. The number of carbonyl (C=O) groups excluding carboxylic acids is 1. The molecule has 1 amide bonds. The molecule has 132 valence electrons. The zero-order valence-corrected chi connectivity index (χ0v) is 15.0. The maximum atomic E-state index is 12.2. The topological polar surface area (TPSA) is 47.6 Å². The first-order valence-electron chi connectivity index (χ1n) is 8.12. The Hall–Kier alpha value is -2.98. The van der Waals surface area contributed by atoms with Crippen molar-refractivity contribution in [3.63, 3.8) is 0 Å². The minimum Gasteiger partial charge on any atom is -0.484 e. The van der Waals surface area contributed by atoms with E-state index in [0.717, 1.165) is 5.56 Å². The molecular weight excluding hydrogens is 350 g/mol. The number of halogens is 1. The Labute approximate surface area is 157 Å². The molecule has 0 atom stereocenters. The van der Waals surface area contributed by atoms with Crippen LogP contribution in [0.5, 0.6) is 17.2 Å². The summed E-state index contributed by atoms with van der Waals surface area (Å²) in [6.07, 6.45) is 0. The summed E-state index contributed by atoms with van der Waals surface area (Å²) in [6, 6.07) is 21.9. The number of nitrogens with one attached hydrogen (secondary N) is 1. The average molecular weight is 368 g/mol. The maximum absolute atomic E-state index is 12.2. The van der Waals surface area contributed by atoms with E-state index >= 15 is 0 Å². The minimum atomic E-state index is -0.276. The van der Waals surface area contributed by atoms with Gasteiger partial charge in [-0.3, -0.25) is 4.79 Å². The second-order valence-electron chi connectivity index (χ2n) is 5.66. The lowest BCUT2D eigenvalue weighted by molar-refractivity contribution is -0.118. The minimum absolute atomic E-state index is 0.110. The fraction of sp³-hybridized carbons (Fsp3) is 0.0952. The normalized spacial score (nSPS) is 10.2. The molecule has 0 bridgehead atoms. The van der Waals surface area contributed by atoms with Crippen molar-refractivity contribution in [2.75, 3.05) is 11.9 Å². The van der Waals surface area contributed by atoms with E-state index in [1.165, 1.54) is 0 Å². The van der Waals surface area contributed by atoms with Gasteiger partial charge in [0.1, 0.15) is 11.5 Å². The fourth-order valence-corrected chi connectivity index (χ4v) is 2.43. The van der Waals surface area contributed by atoms with Crippen molar-refractivity contribution in [3.05, 3.63) is 83.4 Å². The summed E-state index contributed by atoms with van der Waals surface area (Å²) in [5.41, 5.74) is 1.48. The van der Waals surface area contributed by atoms with Crippen molar-refractivity contribution < 1.29 is 14.3 Å². The second kappa shape index (κ2) is 8.41. The quantitative estimate of drug-likeness (QED) is 0.629. The molecule has 4 nitrogen and oxygen atoms in total. The van der Waals surface area contributed by atoms with Crippen molar-refractivity contribution in [1.82, 2.24) is 0 Å². The molecule has 0 saturated carbocycles. The highest BCUT2D eigenvalue weighted by atomic mass is 35.5. The molecule has 0 radical (unpaired) electrons. The van der Waals surface area contributed by atoms with E-state index in [0.29, 0.717) is 28.0 Å². The largest absolute Gasteiger partial charge is 0.484 e. The zero-order valence-electron chi connectivity index (χ0n) is 14.2. The predicted molar refractivity (Wildman–Crippen MR) is 103 cm³/mol. The zero-order chi connectivity index (χ0) is 18.4. The third-order valence-corrected chi connectivity index (χ3v) is 4.06. The van der Waals surface area contributed by atoms with Crippen LogP contribution in [0.3, 0.4) is 0 Å². The summed E-state index contributed by atoms with van der Waals surface area (Å²) in [4.78, 5) is 12.2. The van der Waals surface area contributed by atoms with Crippen molar-refractivity contribution in [2.24, 2.45) is 0 Å². The molecule has 0 aliphatic rings. The van der Waals surface area contributed by atoms with E-state index < -0.39 is 0 Å². The standard InChI is InChI=1S/C21H18ClNO3/c1-15-13-17(11-12-18(15)22)25-14-21(24)23-19-9-5-6-10-20(19)26-16-7-3-2-4-8-16/h2-13H,14H2,1H3,(H,23,24). The lowest BCUT2D eigenvalue weighted by Gasteiger charge is -2.13. The van der Waals surface area contributed by atoms with Gasteiger partial charge in [-0.25, -0.2) is 0 Å². The molecule has 0 fully saturated rings. The predicted octanol–water partition coefficient (Wildman–Crippen LogP) is 5.46. The van der Waals surface area contributed by atoms with Gasteiger partial charge in [-0.05, 0) is 55.0 Å². The number of carbonyl (C=O) groups is 1. The van der Waals surface area contributed by atoms with Crippen LogP contribution in [0, 0.1) is 6.92 Å². The maximum Gasteiger partial charge on any atom is 0.262 e. The Bertz CT molecular complexity index is 897. The first-order valence-corrected chi connectivity index (χ1v) is 8.50. The Morgan fingerprint density at radius 2 is 1.69 bits per heavy atom. The van der Waals surface area contributed by atoms with Crippen LogP contribution in [0.25, 0.3) is 0 Å². The first kappa shape index (κ1) is 17.8. The molecule has 3 aromatic rings. The Morgan fingerprint density at radius 1 is 0.962 bits per heavy atom. The van der Waals surface area contributed by atoms with E-state index in [1.54, 1.807) is 30.3 Å². The lowest BCUT2D eigenvalue weighted by Crippen LogP contribution is -2.20. The number of para-hydroxylation sites is 3. The molecule has 0 aliphatic heterocycles. The van der Waals surface area contributed by atoms with Gasteiger partial charge >= 0.3 is 0 Å². The van der Waals surface area contributed by atoms with E-state index in [1.807, 2.05) is 49.4 Å². The number of anilines is 1. The summed E-state index contributed by atoms with van der Waals surface area (Å²) in [7, 11) is 0. The Kier molecular flexibility index (Phi) is 5.77. The monoisotopic (exact) mass is 367 g/mol. The van der Waals surface area contributed by atoms with Crippen LogP contribution in [0.1, 0.15) is 5.56 Å². The molecule has 1 N–H and O–H groups in total. The molecule has 0 aliphatic carbocycles. The van der Waals surface area contributed by atoms with E-state index in [9.17, 15) is 4.79 Å². The van der Waals surface area contributed by atoms with Crippen LogP contribution in [0.4, 0.5) is 5.69 Å². The van der Waals surface area contributed by atoms with Gasteiger partial charge in [0.25, 0.3) is 5.91 Å². The first-order chi connectivity index (χ1) is 12.6. The molecule has 0 unspecified atom stereocenters. The fourth-order valence-electron chi connectivity index (χ4n) is 2.32. The van der Waals surface area contributed by atoms with Crippen LogP contribution < -0.4 is 14.8 Å². The van der Waals surface area contributed by atoms with Crippen LogP contribution >= 0.6 is 11.6 Å². The van der Waals surface area contributed by atoms with E-state index in [4.69, 9.17) is 21.1 Å². The van der Waals surface area contributed by atoms with Gasteiger partial charge in [-0.1, -0.05) is 41.9 Å². The summed E-state index contributed by atoms with van der Waals surface area (Å²) in [5, 5.41) is 3.47. The van der Waals surface area contributed by atoms with Crippen molar-refractivity contribution in [2.45, 2.75) is 6.92 Å². The highest BCUT2D eigenvalue weighted by Crippen LogP contribution is 2.29. The Morgan fingerprint density at radius 3 is 2.46 bits per heavy atom. The van der Waals surface area contributed by atoms with Gasteiger partial charge in [0, 0.05) is 5.02 Å². The molecule has 0 saturated heterocycles. The second-order valence-corrected chi connectivity index (χ2v) is 6.07. The van der Waals surface area contributed by atoms with Gasteiger partial charge in [0.15, 0.2) is 12.4 Å². The number of hydrogen-bond donors (Lipinski definition) is 1. The summed E-state index contributed by atoms with van der Waals surface area (Å²) >= 11 is 5.99. The highest BCUT2D eigenvalue weighted by Gasteiger charge is 2.09. The molecule has 5 heteroatoms. The number of ether oxygens (including phenoxy) is 2. The van der Waals surface area contributed by atoms with Crippen LogP contribution in [-0.4, -0.2) is 12.5 Å². The third-order valence-electron chi connectivity index (χ3n) is 3.63. The molecule has 26 heavy (non-hydrogen) atoms. The van der Waals surface area contributed by atoms with E-state index in [2.05, 4.69) is 5.32 Å². The molecule has 0 spiro atoms. The molecule has 3 rings (SSSR count). The van der Waals surface area contributed by atoms with Gasteiger partial charge < -0.3 is 14.8 Å². The van der Waals surface area contributed by atoms with Gasteiger partial charge in [0.05, 0.1) is 5.69 Å². The van der Waals surface area contributed by atoms with Gasteiger partial charge in [-0.2, -0.15) is 0 Å². The number of amides is 1. The van der Waals surface area contributed by atoms with Crippen molar-refractivity contribution >= 4 is 23.2 Å². The van der Waals surface area contributed by atoms with Crippen molar-refractivity contribution in [1.29, 1.82) is 0 Å². The average Bonchev–Trinajstić information content (AvgIpc) is 2.65. The third kappa shape index (κ3) is 4.77. The SMILES string of the molecule is Cc1cc(OCC(=O)Nc2ccccc2Oc2ccccc2)ccc1Cl. The number of hydrogen-bond acceptors (Lipinski definition) is 3.